The summed E-state index contributed by atoms with van der Waals surface area (Å²) in [7, 11) is -3.99. The van der Waals surface area contributed by atoms with Gasteiger partial charge in [0.05, 0.1) is 41.6 Å². The molecule has 1 amide bonds. The van der Waals surface area contributed by atoms with Crippen molar-refractivity contribution in [3.63, 3.8) is 0 Å². The SMILES string of the molecule is O=C(O)[C@@H]1Cc2cn(nn2)Cc2cccc(n2)Cn2cc(nn2)C[C@@H](NS(=O)(=O)Cc2ccccc2)C(=O)N1. The Labute approximate surface area is 223 Å². The molecular formula is C24H25N9O5S. The van der Waals surface area contributed by atoms with Crippen molar-refractivity contribution in [1.29, 1.82) is 0 Å². The van der Waals surface area contributed by atoms with Gasteiger partial charge in [-0.15, -0.1) is 10.2 Å². The van der Waals surface area contributed by atoms with Crippen molar-refractivity contribution < 1.29 is 23.1 Å². The molecule has 2 atom stereocenters. The van der Waals surface area contributed by atoms with E-state index in [1.54, 1.807) is 42.7 Å². The fourth-order valence-corrected chi connectivity index (χ4v) is 5.53. The highest BCUT2D eigenvalue weighted by Crippen LogP contribution is 2.11. The summed E-state index contributed by atoms with van der Waals surface area (Å²) in [5, 5.41) is 28.5. The number of hydrogen-bond acceptors (Lipinski definition) is 9. The second kappa shape index (κ2) is 11.1. The maximum atomic E-state index is 13.3. The molecule has 0 saturated carbocycles. The first-order valence-corrected chi connectivity index (χ1v) is 13.7. The Bertz CT molecular complexity index is 1590. The van der Waals surface area contributed by atoms with Crippen LogP contribution in [0.25, 0.3) is 0 Å². The summed E-state index contributed by atoms with van der Waals surface area (Å²) in [6.07, 6.45) is 2.86. The molecule has 202 valence electrons. The second-order valence-electron chi connectivity index (χ2n) is 9.16. The number of nitrogens with one attached hydrogen (secondary N) is 2. The molecule has 0 unspecified atom stereocenters. The number of nitrogens with zero attached hydrogens (tertiary/aromatic N) is 7. The number of rotatable bonds is 5. The summed E-state index contributed by atoms with van der Waals surface area (Å²) in [5.74, 6) is -2.49. The Balaban J connectivity index is 1.47. The molecule has 3 N–H and O–H groups in total. The molecule has 4 heterocycles. The summed E-state index contributed by atoms with van der Waals surface area (Å²) in [6.45, 7) is 0.597. The standard InChI is InChI=1S/C24H25N9O5S/c34-23-21(29-39(37,38)15-16-5-2-1-3-6-16)9-19-13-32(30-27-19)11-17-7-4-8-18(25-17)12-33-14-20(28-31-33)10-22(26-23)24(35)36/h1-8,13-14,21-22,29H,9-12,15H2,(H,26,34)(H,35,36)/t21-,22+/m1/s1. The number of fused-ring (bicyclic) bond motifs is 6. The largest absolute Gasteiger partial charge is 0.480 e. The molecule has 1 aromatic carbocycles. The van der Waals surface area contributed by atoms with E-state index >= 15 is 0 Å². The van der Waals surface area contributed by atoms with Crippen LogP contribution in [-0.4, -0.2) is 72.5 Å². The highest BCUT2D eigenvalue weighted by atomic mass is 32.2. The Kier molecular flexibility index (Phi) is 7.42. The van der Waals surface area contributed by atoms with Gasteiger partial charge in [-0.1, -0.05) is 46.8 Å². The first-order chi connectivity index (χ1) is 18.7. The molecule has 5 rings (SSSR count). The molecule has 0 spiro atoms. The maximum absolute atomic E-state index is 13.3. The predicted molar refractivity (Wildman–Crippen MR) is 135 cm³/mol. The third-order valence-corrected chi connectivity index (χ3v) is 7.32. The molecule has 39 heavy (non-hydrogen) atoms. The number of pyridine rings is 1. The number of carboxylic acid groups (broad SMARTS) is 1. The quantitative estimate of drug-likeness (QED) is 0.292. The second-order valence-corrected chi connectivity index (χ2v) is 10.9. The van der Waals surface area contributed by atoms with Crippen molar-refractivity contribution in [1.82, 2.24) is 45.0 Å². The van der Waals surface area contributed by atoms with Crippen LogP contribution in [-0.2, 0) is 51.3 Å². The lowest BCUT2D eigenvalue weighted by Gasteiger charge is -2.20. The molecule has 1 aliphatic heterocycles. The average molecular weight is 552 g/mol. The molecule has 6 bridgehead atoms. The van der Waals surface area contributed by atoms with E-state index in [0.29, 0.717) is 41.4 Å². The number of amides is 1. The zero-order valence-electron chi connectivity index (χ0n) is 20.6. The Morgan fingerprint density at radius 1 is 0.923 bits per heavy atom. The molecule has 0 radical (unpaired) electrons. The van der Waals surface area contributed by atoms with E-state index in [2.05, 4.69) is 35.6 Å². The van der Waals surface area contributed by atoms with E-state index in [0.717, 1.165) is 0 Å². The topological polar surface area (TPSA) is 187 Å². The van der Waals surface area contributed by atoms with Crippen molar-refractivity contribution >= 4 is 21.9 Å². The van der Waals surface area contributed by atoms with Gasteiger partial charge in [-0.05, 0) is 17.7 Å². The van der Waals surface area contributed by atoms with Crippen LogP contribution in [0.5, 0.6) is 0 Å². The summed E-state index contributed by atoms with van der Waals surface area (Å²) < 4.78 is 31.5. The van der Waals surface area contributed by atoms with Crippen LogP contribution in [0.1, 0.15) is 28.3 Å². The Morgan fingerprint density at radius 3 is 2.15 bits per heavy atom. The number of hydrogen-bond donors (Lipinski definition) is 3. The van der Waals surface area contributed by atoms with E-state index in [1.807, 2.05) is 18.2 Å². The monoisotopic (exact) mass is 551 g/mol. The van der Waals surface area contributed by atoms with Crippen LogP contribution in [0, 0.1) is 0 Å². The van der Waals surface area contributed by atoms with Crippen LogP contribution >= 0.6 is 0 Å². The number of aliphatic carboxylic acids is 1. The van der Waals surface area contributed by atoms with E-state index in [4.69, 9.17) is 0 Å². The minimum absolute atomic E-state index is 0.157. The van der Waals surface area contributed by atoms with Crippen molar-refractivity contribution in [2.45, 2.75) is 43.8 Å². The summed E-state index contributed by atoms with van der Waals surface area (Å²) in [6, 6.07) is 11.3. The van der Waals surface area contributed by atoms with Gasteiger partial charge in [-0.25, -0.2) is 27.3 Å². The number of carbonyl (C=O) groups excluding carboxylic acids is 1. The normalized spacial score (nSPS) is 18.2. The van der Waals surface area contributed by atoms with Gasteiger partial charge in [-0.2, -0.15) is 0 Å². The molecule has 3 aromatic heterocycles. The molecule has 4 aromatic rings. The highest BCUT2D eigenvalue weighted by molar-refractivity contribution is 7.88. The fourth-order valence-electron chi connectivity index (χ4n) is 4.19. The highest BCUT2D eigenvalue weighted by Gasteiger charge is 2.30. The van der Waals surface area contributed by atoms with Crippen molar-refractivity contribution in [2.24, 2.45) is 0 Å². The molecule has 0 aliphatic carbocycles. The van der Waals surface area contributed by atoms with Crippen LogP contribution in [0.3, 0.4) is 0 Å². The summed E-state index contributed by atoms with van der Waals surface area (Å²) in [4.78, 5) is 29.9. The first-order valence-electron chi connectivity index (χ1n) is 12.0. The lowest BCUT2D eigenvalue weighted by molar-refractivity contribution is -0.142. The van der Waals surface area contributed by atoms with Crippen LogP contribution < -0.4 is 10.0 Å². The summed E-state index contributed by atoms with van der Waals surface area (Å²) in [5.41, 5.74) is 2.63. The van der Waals surface area contributed by atoms with Gasteiger partial charge in [0.25, 0.3) is 0 Å². The lowest BCUT2D eigenvalue weighted by atomic mass is 10.1. The van der Waals surface area contributed by atoms with Gasteiger partial charge in [-0.3, -0.25) is 9.78 Å². The molecule has 0 saturated heterocycles. The Hall–Kier alpha value is -4.50. The van der Waals surface area contributed by atoms with Gasteiger partial charge in [0.1, 0.15) is 12.1 Å². The molecule has 0 fully saturated rings. The summed E-state index contributed by atoms with van der Waals surface area (Å²) >= 11 is 0. The van der Waals surface area contributed by atoms with Gasteiger partial charge in [0.2, 0.25) is 15.9 Å². The van der Waals surface area contributed by atoms with E-state index in [-0.39, 0.29) is 18.6 Å². The zero-order valence-corrected chi connectivity index (χ0v) is 21.4. The number of carboxylic acids is 1. The maximum Gasteiger partial charge on any atom is 0.326 e. The molecule has 14 nitrogen and oxygen atoms in total. The van der Waals surface area contributed by atoms with Crippen LogP contribution in [0.2, 0.25) is 0 Å². The fraction of sp³-hybridized carbons (Fsp3) is 0.292. The van der Waals surface area contributed by atoms with Gasteiger partial charge >= 0.3 is 5.97 Å². The lowest BCUT2D eigenvalue weighted by Crippen LogP contribution is -2.53. The molecular weight excluding hydrogens is 526 g/mol. The molecule has 15 heteroatoms. The van der Waals surface area contributed by atoms with Gasteiger partial charge in [0.15, 0.2) is 0 Å². The van der Waals surface area contributed by atoms with Crippen molar-refractivity contribution in [2.75, 3.05) is 0 Å². The smallest absolute Gasteiger partial charge is 0.326 e. The molecule has 1 aliphatic rings. The van der Waals surface area contributed by atoms with E-state index in [9.17, 15) is 23.1 Å². The number of aromatic nitrogens is 7. The zero-order chi connectivity index (χ0) is 27.4. The van der Waals surface area contributed by atoms with Crippen LogP contribution in [0.15, 0.2) is 60.9 Å². The number of sulfonamides is 1. The number of benzene rings is 1. The van der Waals surface area contributed by atoms with Crippen molar-refractivity contribution in [3.8, 4) is 0 Å². The van der Waals surface area contributed by atoms with E-state index in [1.165, 1.54) is 9.36 Å². The predicted octanol–water partition coefficient (Wildman–Crippen LogP) is -0.483. The van der Waals surface area contributed by atoms with Crippen molar-refractivity contribution in [3.05, 3.63) is 89.3 Å². The van der Waals surface area contributed by atoms with Crippen LogP contribution in [0.4, 0.5) is 0 Å². The third-order valence-electron chi connectivity index (χ3n) is 5.96. The average Bonchev–Trinajstić information content (AvgIpc) is 3.52. The minimum Gasteiger partial charge on any atom is -0.480 e. The van der Waals surface area contributed by atoms with Gasteiger partial charge < -0.3 is 10.4 Å². The van der Waals surface area contributed by atoms with Gasteiger partial charge in [0, 0.05) is 25.2 Å². The number of carbonyl (C=O) groups is 2. The Morgan fingerprint density at radius 2 is 1.54 bits per heavy atom. The third kappa shape index (κ3) is 6.88. The van der Waals surface area contributed by atoms with E-state index < -0.39 is 34.0 Å². The minimum atomic E-state index is -3.99. The first kappa shape index (κ1) is 26.1.